The molecule has 3 aromatic carbocycles. The molecule has 0 aliphatic heterocycles. The van der Waals surface area contributed by atoms with Crippen molar-refractivity contribution in [1.82, 2.24) is 10.2 Å². The van der Waals surface area contributed by atoms with Crippen LogP contribution in [0.1, 0.15) is 31.9 Å². The van der Waals surface area contributed by atoms with Crippen LogP contribution in [0.25, 0.3) is 0 Å². The van der Waals surface area contributed by atoms with Gasteiger partial charge in [-0.3, -0.25) is 13.9 Å². The Morgan fingerprint density at radius 1 is 0.974 bits per heavy atom. The normalized spacial score (nSPS) is 12.2. The number of carbonyl (C=O) groups is 2. The Morgan fingerprint density at radius 3 is 2.26 bits per heavy atom. The summed E-state index contributed by atoms with van der Waals surface area (Å²) in [5.41, 5.74) is 1.33. The van der Waals surface area contributed by atoms with E-state index in [2.05, 4.69) is 21.2 Å². The van der Waals surface area contributed by atoms with Gasteiger partial charge in [0.25, 0.3) is 10.0 Å². The summed E-state index contributed by atoms with van der Waals surface area (Å²) in [5.74, 6) is -1.61. The largest absolute Gasteiger partial charge is 0.354 e. The average Bonchev–Trinajstić information content (AvgIpc) is 2.89. The summed E-state index contributed by atoms with van der Waals surface area (Å²) in [5, 5.41) is 2.84. The van der Waals surface area contributed by atoms with Crippen LogP contribution in [0.3, 0.4) is 0 Å². The van der Waals surface area contributed by atoms with Crippen molar-refractivity contribution < 1.29 is 22.4 Å². The van der Waals surface area contributed by atoms with Crippen LogP contribution in [0, 0.1) is 18.7 Å². The van der Waals surface area contributed by atoms with Gasteiger partial charge in [-0.25, -0.2) is 12.8 Å². The summed E-state index contributed by atoms with van der Waals surface area (Å²) in [6.07, 6.45) is 0. The van der Waals surface area contributed by atoms with Crippen molar-refractivity contribution in [1.29, 1.82) is 0 Å². The first-order valence-corrected chi connectivity index (χ1v) is 14.8. The lowest BCUT2D eigenvalue weighted by Gasteiger charge is -2.32. The van der Waals surface area contributed by atoms with Gasteiger partial charge in [0.1, 0.15) is 18.4 Å². The minimum Gasteiger partial charge on any atom is -0.354 e. The van der Waals surface area contributed by atoms with E-state index >= 15 is 0 Å². The molecular weight excluding hydrogens is 585 g/mol. The molecule has 10 heteroatoms. The molecule has 1 unspecified atom stereocenters. The molecule has 3 aromatic rings. The summed E-state index contributed by atoms with van der Waals surface area (Å²) in [6.45, 7) is 7.09. The first-order chi connectivity index (χ1) is 18.4. The van der Waals surface area contributed by atoms with Gasteiger partial charge in [0.15, 0.2) is 0 Å². The fraction of sp³-hybridized carbons (Fsp3) is 0.310. The lowest BCUT2D eigenvalue weighted by atomic mass is 10.1. The topological polar surface area (TPSA) is 86.8 Å². The SMILES string of the molecule is Cc1ccc(S(=O)(=O)N(CC(=O)N(Cc2cccc(Br)c2)C(C)C(=O)NCC(C)C)c2ccccc2F)cc1. The summed E-state index contributed by atoms with van der Waals surface area (Å²) < 4.78 is 44.0. The third-order valence-corrected chi connectivity index (χ3v) is 8.37. The van der Waals surface area contributed by atoms with Crippen molar-refractivity contribution in [2.45, 2.75) is 45.2 Å². The van der Waals surface area contributed by atoms with E-state index < -0.39 is 34.3 Å². The monoisotopic (exact) mass is 617 g/mol. The van der Waals surface area contributed by atoms with Gasteiger partial charge in [0, 0.05) is 17.6 Å². The molecule has 7 nitrogen and oxygen atoms in total. The average molecular weight is 619 g/mol. The number of rotatable bonds is 11. The molecular formula is C29H33BrFN3O4S. The highest BCUT2D eigenvalue weighted by Gasteiger charge is 2.33. The molecule has 208 valence electrons. The van der Waals surface area contributed by atoms with Crippen molar-refractivity contribution in [3.63, 3.8) is 0 Å². The summed E-state index contributed by atoms with van der Waals surface area (Å²) in [6, 6.07) is 17.8. The Morgan fingerprint density at radius 2 is 1.64 bits per heavy atom. The highest BCUT2D eigenvalue weighted by molar-refractivity contribution is 9.10. The van der Waals surface area contributed by atoms with Crippen molar-refractivity contribution >= 4 is 43.5 Å². The number of hydrogen-bond acceptors (Lipinski definition) is 4. The first-order valence-electron chi connectivity index (χ1n) is 12.6. The lowest BCUT2D eigenvalue weighted by molar-refractivity contribution is -0.139. The van der Waals surface area contributed by atoms with E-state index in [0.717, 1.165) is 26.0 Å². The highest BCUT2D eigenvalue weighted by atomic mass is 79.9. The number of sulfonamides is 1. The second-order valence-corrected chi connectivity index (χ2v) is 12.5. The number of halogens is 2. The molecule has 0 aliphatic carbocycles. The van der Waals surface area contributed by atoms with Crippen LogP contribution < -0.4 is 9.62 Å². The molecule has 0 aliphatic rings. The van der Waals surface area contributed by atoms with Crippen LogP contribution >= 0.6 is 15.9 Å². The van der Waals surface area contributed by atoms with E-state index in [4.69, 9.17) is 0 Å². The lowest BCUT2D eigenvalue weighted by Crippen LogP contribution is -2.51. The molecule has 0 bridgehead atoms. The number of hydrogen-bond donors (Lipinski definition) is 1. The molecule has 39 heavy (non-hydrogen) atoms. The van der Waals surface area contributed by atoms with Crippen LogP contribution in [-0.2, 0) is 26.2 Å². The maximum absolute atomic E-state index is 15.0. The molecule has 0 fully saturated rings. The number of amides is 2. The van der Waals surface area contributed by atoms with E-state index in [9.17, 15) is 22.4 Å². The molecule has 0 heterocycles. The van der Waals surface area contributed by atoms with Gasteiger partial charge in [0.05, 0.1) is 10.6 Å². The van der Waals surface area contributed by atoms with Crippen molar-refractivity contribution in [3.05, 3.63) is 94.2 Å². The van der Waals surface area contributed by atoms with Gasteiger partial charge in [0.2, 0.25) is 11.8 Å². The third kappa shape index (κ3) is 7.89. The van der Waals surface area contributed by atoms with Crippen LogP contribution in [0.15, 0.2) is 82.2 Å². The van der Waals surface area contributed by atoms with Gasteiger partial charge < -0.3 is 10.2 Å². The Labute approximate surface area is 238 Å². The number of nitrogens with zero attached hydrogens (tertiary/aromatic N) is 2. The van der Waals surface area contributed by atoms with Crippen LogP contribution in [0.4, 0.5) is 10.1 Å². The molecule has 2 amide bonds. The van der Waals surface area contributed by atoms with Crippen LogP contribution in [-0.4, -0.2) is 44.3 Å². The van der Waals surface area contributed by atoms with Gasteiger partial charge in [-0.15, -0.1) is 0 Å². The van der Waals surface area contributed by atoms with Crippen molar-refractivity contribution in [2.24, 2.45) is 5.92 Å². The van der Waals surface area contributed by atoms with Gasteiger partial charge in [-0.1, -0.05) is 71.7 Å². The molecule has 1 atom stereocenters. The fourth-order valence-corrected chi connectivity index (χ4v) is 5.74. The predicted octanol–water partition coefficient (Wildman–Crippen LogP) is 5.28. The maximum atomic E-state index is 15.0. The van der Waals surface area contributed by atoms with Crippen molar-refractivity contribution in [2.75, 3.05) is 17.4 Å². The minimum atomic E-state index is -4.33. The second kappa shape index (κ2) is 13.2. The summed E-state index contributed by atoms with van der Waals surface area (Å²) in [4.78, 5) is 28.1. The number of aryl methyl sites for hydroxylation is 1. The smallest absolute Gasteiger partial charge is 0.264 e. The zero-order valence-corrected chi connectivity index (χ0v) is 24.8. The fourth-order valence-electron chi connectivity index (χ4n) is 3.87. The minimum absolute atomic E-state index is 0.0459. The number of para-hydroxylation sites is 1. The van der Waals surface area contributed by atoms with Crippen LogP contribution in [0.2, 0.25) is 0 Å². The molecule has 0 spiro atoms. The number of anilines is 1. The zero-order valence-electron chi connectivity index (χ0n) is 22.4. The molecule has 0 saturated heterocycles. The van der Waals surface area contributed by atoms with Crippen LogP contribution in [0.5, 0.6) is 0 Å². The maximum Gasteiger partial charge on any atom is 0.264 e. The molecule has 0 saturated carbocycles. The highest BCUT2D eigenvalue weighted by Crippen LogP contribution is 2.27. The zero-order chi connectivity index (χ0) is 28.7. The van der Waals surface area contributed by atoms with E-state index in [1.807, 2.05) is 39.0 Å². The van der Waals surface area contributed by atoms with E-state index in [1.54, 1.807) is 25.1 Å². The number of benzene rings is 3. The third-order valence-electron chi connectivity index (χ3n) is 6.10. The van der Waals surface area contributed by atoms with Gasteiger partial charge >= 0.3 is 0 Å². The van der Waals surface area contributed by atoms with E-state index in [1.165, 1.54) is 35.2 Å². The number of carbonyl (C=O) groups excluding carboxylic acids is 2. The molecule has 0 radical (unpaired) electrons. The first kappa shape index (κ1) is 30.3. The summed E-state index contributed by atoms with van der Waals surface area (Å²) in [7, 11) is -4.33. The van der Waals surface area contributed by atoms with E-state index in [-0.39, 0.29) is 29.0 Å². The molecule has 1 N–H and O–H groups in total. The Hall–Kier alpha value is -3.24. The Kier molecular flexibility index (Phi) is 10.3. The molecule has 3 rings (SSSR count). The quantitative estimate of drug-likeness (QED) is 0.317. The Bertz CT molecular complexity index is 1410. The standard InChI is InChI=1S/C29H33BrFN3O4S/c1-20(2)17-32-29(36)22(4)33(18-23-8-7-9-24(30)16-23)28(35)19-34(27-11-6-5-10-26(27)31)39(37,38)25-14-12-21(3)13-15-25/h5-16,20,22H,17-19H2,1-4H3,(H,32,36). The second-order valence-electron chi connectivity index (χ2n) is 9.74. The van der Waals surface area contributed by atoms with E-state index in [0.29, 0.717) is 6.54 Å². The van der Waals surface area contributed by atoms with Gasteiger partial charge in [-0.2, -0.15) is 0 Å². The summed E-state index contributed by atoms with van der Waals surface area (Å²) >= 11 is 3.42. The predicted molar refractivity (Wildman–Crippen MR) is 154 cm³/mol. The number of nitrogens with one attached hydrogen (secondary N) is 1. The van der Waals surface area contributed by atoms with Gasteiger partial charge in [-0.05, 0) is 61.7 Å². The van der Waals surface area contributed by atoms with Crippen molar-refractivity contribution in [3.8, 4) is 0 Å². The molecule has 0 aromatic heterocycles. The Balaban J connectivity index is 2.02.